The van der Waals surface area contributed by atoms with Crippen LogP contribution in [0.2, 0.25) is 0 Å². The van der Waals surface area contributed by atoms with Gasteiger partial charge in [-0.1, -0.05) is 26.8 Å². The lowest BCUT2D eigenvalue weighted by molar-refractivity contribution is -0.121. The van der Waals surface area contributed by atoms with Gasteiger partial charge in [0.25, 0.3) is 0 Å². The van der Waals surface area contributed by atoms with Crippen LogP contribution in [0.3, 0.4) is 0 Å². The van der Waals surface area contributed by atoms with Crippen molar-refractivity contribution in [1.29, 1.82) is 5.26 Å². The van der Waals surface area contributed by atoms with E-state index in [0.29, 0.717) is 0 Å². The second kappa shape index (κ2) is 4.71. The van der Waals surface area contributed by atoms with Crippen LogP contribution in [0.5, 0.6) is 0 Å². The van der Waals surface area contributed by atoms with Crippen LogP contribution in [0.15, 0.2) is 30.1 Å². The van der Waals surface area contributed by atoms with Crippen LogP contribution in [0.4, 0.5) is 0 Å². The first-order valence-corrected chi connectivity index (χ1v) is 5.02. The second-order valence-corrected chi connectivity index (χ2v) is 4.54. The highest BCUT2D eigenvalue weighted by Gasteiger charge is 2.24. The number of rotatable bonds is 2. The summed E-state index contributed by atoms with van der Waals surface area (Å²) in [6.45, 7) is 5.39. The molecule has 16 heavy (non-hydrogen) atoms. The van der Waals surface area contributed by atoms with Gasteiger partial charge in [0.05, 0.1) is 5.57 Å². The standard InChI is InChI=1S/C13H14N2O/c1-13(2,3)12(16)11(8-14)7-10-5-4-6-15-9-10/h4-7,9H,1-3H3/b11-7-. The fourth-order valence-electron chi connectivity index (χ4n) is 1.18. The Morgan fingerprint density at radius 1 is 1.50 bits per heavy atom. The van der Waals surface area contributed by atoms with Crippen molar-refractivity contribution in [3.63, 3.8) is 0 Å². The summed E-state index contributed by atoms with van der Waals surface area (Å²) in [7, 11) is 0. The molecule has 3 nitrogen and oxygen atoms in total. The van der Waals surface area contributed by atoms with E-state index in [-0.39, 0.29) is 11.4 Å². The molecule has 0 unspecified atom stereocenters. The van der Waals surface area contributed by atoms with E-state index in [1.807, 2.05) is 6.07 Å². The molecule has 0 fully saturated rings. The molecule has 0 radical (unpaired) electrons. The van der Waals surface area contributed by atoms with E-state index in [0.717, 1.165) is 5.56 Å². The molecule has 0 aliphatic heterocycles. The molecule has 1 heterocycles. The van der Waals surface area contributed by atoms with Gasteiger partial charge in [0.1, 0.15) is 6.07 Å². The Hall–Kier alpha value is -1.95. The molecule has 0 aliphatic rings. The van der Waals surface area contributed by atoms with E-state index in [2.05, 4.69) is 4.98 Å². The van der Waals surface area contributed by atoms with E-state index in [1.54, 1.807) is 51.4 Å². The third-order valence-electron chi connectivity index (χ3n) is 2.04. The number of hydrogen-bond acceptors (Lipinski definition) is 3. The molecule has 0 bridgehead atoms. The molecule has 1 aromatic heterocycles. The number of nitriles is 1. The minimum Gasteiger partial charge on any atom is -0.293 e. The summed E-state index contributed by atoms with van der Waals surface area (Å²) in [6, 6.07) is 5.51. The van der Waals surface area contributed by atoms with Gasteiger partial charge in [-0.25, -0.2) is 0 Å². The first-order valence-electron chi connectivity index (χ1n) is 5.02. The van der Waals surface area contributed by atoms with Crippen molar-refractivity contribution >= 4 is 11.9 Å². The Labute approximate surface area is 95.4 Å². The maximum absolute atomic E-state index is 11.9. The number of allylic oxidation sites excluding steroid dienone is 1. The monoisotopic (exact) mass is 214 g/mol. The number of nitrogens with zero attached hydrogens (tertiary/aromatic N) is 2. The lowest BCUT2D eigenvalue weighted by atomic mass is 9.86. The van der Waals surface area contributed by atoms with Gasteiger partial charge < -0.3 is 0 Å². The normalized spacial score (nSPS) is 12.0. The molecule has 0 aliphatic carbocycles. The predicted molar refractivity (Wildman–Crippen MR) is 62.3 cm³/mol. The molecule has 0 amide bonds. The first kappa shape index (κ1) is 12.1. The molecule has 82 valence electrons. The quantitative estimate of drug-likeness (QED) is 0.561. The Morgan fingerprint density at radius 2 is 2.19 bits per heavy atom. The smallest absolute Gasteiger partial charge is 0.178 e. The van der Waals surface area contributed by atoms with Crippen LogP contribution < -0.4 is 0 Å². The number of carbonyl (C=O) groups is 1. The second-order valence-electron chi connectivity index (χ2n) is 4.54. The third-order valence-corrected chi connectivity index (χ3v) is 2.04. The maximum Gasteiger partial charge on any atom is 0.178 e. The summed E-state index contributed by atoms with van der Waals surface area (Å²) in [6.07, 6.45) is 4.84. The van der Waals surface area contributed by atoms with E-state index in [4.69, 9.17) is 5.26 Å². The van der Waals surface area contributed by atoms with Crippen LogP contribution in [0, 0.1) is 16.7 Å². The molecule has 1 aromatic rings. The topological polar surface area (TPSA) is 53.8 Å². The van der Waals surface area contributed by atoms with Crippen LogP contribution in [-0.2, 0) is 4.79 Å². The third kappa shape index (κ3) is 3.03. The molecule has 1 rings (SSSR count). The summed E-state index contributed by atoms with van der Waals surface area (Å²) in [5.41, 5.74) is 0.390. The van der Waals surface area contributed by atoms with Gasteiger partial charge in [0, 0.05) is 17.8 Å². The zero-order valence-corrected chi connectivity index (χ0v) is 9.69. The molecule has 0 atom stereocenters. The Kier molecular flexibility index (Phi) is 3.57. The van der Waals surface area contributed by atoms with Gasteiger partial charge >= 0.3 is 0 Å². The summed E-state index contributed by atoms with van der Waals surface area (Å²) < 4.78 is 0. The fraction of sp³-hybridized carbons (Fsp3) is 0.308. The lowest BCUT2D eigenvalue weighted by Gasteiger charge is -2.15. The highest BCUT2D eigenvalue weighted by atomic mass is 16.1. The number of hydrogen-bond donors (Lipinski definition) is 0. The van der Waals surface area contributed by atoms with Crippen molar-refractivity contribution in [2.45, 2.75) is 20.8 Å². The van der Waals surface area contributed by atoms with Gasteiger partial charge in [-0.05, 0) is 17.7 Å². The zero-order chi connectivity index (χ0) is 12.2. The van der Waals surface area contributed by atoms with Crippen molar-refractivity contribution in [2.75, 3.05) is 0 Å². The van der Waals surface area contributed by atoms with E-state index in [1.165, 1.54) is 0 Å². The van der Waals surface area contributed by atoms with Crippen LogP contribution in [0.1, 0.15) is 26.3 Å². The fourth-order valence-corrected chi connectivity index (χ4v) is 1.18. The molecule has 0 spiro atoms. The van der Waals surface area contributed by atoms with Gasteiger partial charge in [0.2, 0.25) is 0 Å². The average Bonchev–Trinajstić information content (AvgIpc) is 2.25. The lowest BCUT2D eigenvalue weighted by Crippen LogP contribution is -2.21. The van der Waals surface area contributed by atoms with Crippen molar-refractivity contribution in [3.05, 3.63) is 35.7 Å². The zero-order valence-electron chi connectivity index (χ0n) is 9.69. The minimum atomic E-state index is -0.538. The van der Waals surface area contributed by atoms with Crippen LogP contribution in [0.25, 0.3) is 6.08 Å². The number of carbonyl (C=O) groups excluding carboxylic acids is 1. The average molecular weight is 214 g/mol. The van der Waals surface area contributed by atoms with E-state index >= 15 is 0 Å². The van der Waals surface area contributed by atoms with Gasteiger partial charge in [-0.15, -0.1) is 0 Å². The molecule has 0 saturated heterocycles. The largest absolute Gasteiger partial charge is 0.293 e. The molecular weight excluding hydrogens is 200 g/mol. The van der Waals surface area contributed by atoms with Gasteiger partial charge in [0.15, 0.2) is 5.78 Å². The number of pyridine rings is 1. The van der Waals surface area contributed by atoms with E-state index < -0.39 is 5.41 Å². The molecule has 3 heteroatoms. The Bertz CT molecular complexity index is 447. The van der Waals surface area contributed by atoms with Crippen molar-refractivity contribution in [2.24, 2.45) is 5.41 Å². The Balaban J connectivity index is 3.06. The van der Waals surface area contributed by atoms with Gasteiger partial charge in [-0.3, -0.25) is 9.78 Å². The number of aromatic nitrogens is 1. The molecule has 0 saturated carbocycles. The van der Waals surface area contributed by atoms with Crippen molar-refractivity contribution in [3.8, 4) is 6.07 Å². The van der Waals surface area contributed by atoms with Gasteiger partial charge in [-0.2, -0.15) is 5.26 Å². The first-order chi connectivity index (χ1) is 7.45. The maximum atomic E-state index is 11.9. The molecule has 0 N–H and O–H groups in total. The van der Waals surface area contributed by atoms with Crippen LogP contribution >= 0.6 is 0 Å². The Morgan fingerprint density at radius 3 is 2.62 bits per heavy atom. The molecule has 0 aromatic carbocycles. The number of Topliss-reactive ketones (excluding diaryl/α,β-unsaturated/α-hetero) is 1. The van der Waals surface area contributed by atoms with Crippen molar-refractivity contribution in [1.82, 2.24) is 4.98 Å². The summed E-state index contributed by atoms with van der Waals surface area (Å²) >= 11 is 0. The minimum absolute atomic E-state index is 0.154. The van der Waals surface area contributed by atoms with Crippen molar-refractivity contribution < 1.29 is 4.79 Å². The summed E-state index contributed by atoms with van der Waals surface area (Å²) in [4.78, 5) is 15.8. The summed E-state index contributed by atoms with van der Waals surface area (Å²) in [5, 5.41) is 8.96. The number of ketones is 1. The highest BCUT2D eigenvalue weighted by Crippen LogP contribution is 2.20. The SMILES string of the molecule is CC(C)(C)C(=O)/C(C#N)=C\c1cccnc1. The molecular formula is C13H14N2O. The highest BCUT2D eigenvalue weighted by molar-refractivity contribution is 6.06. The van der Waals surface area contributed by atoms with E-state index in [9.17, 15) is 4.79 Å². The summed E-state index contributed by atoms with van der Waals surface area (Å²) in [5.74, 6) is -0.154. The predicted octanol–water partition coefficient (Wildman–Crippen LogP) is 2.60. The van der Waals surface area contributed by atoms with Crippen LogP contribution in [-0.4, -0.2) is 10.8 Å².